The lowest BCUT2D eigenvalue weighted by Crippen LogP contribution is -2.42. The third kappa shape index (κ3) is 6.70. The largest absolute Gasteiger partial charge is 0.444 e. The van der Waals surface area contributed by atoms with Crippen molar-refractivity contribution in [2.24, 2.45) is 0 Å². The highest BCUT2D eigenvalue weighted by atomic mass is 19.1. The molecule has 0 aliphatic carbocycles. The minimum Gasteiger partial charge on any atom is -0.444 e. The molecule has 0 spiro atoms. The number of aromatic amines is 1. The lowest BCUT2D eigenvalue weighted by Gasteiger charge is -2.21. The highest BCUT2D eigenvalue weighted by molar-refractivity contribution is 6.05. The molecular formula is C20H25FN4O4. The Hall–Kier alpha value is -3.23. The summed E-state index contributed by atoms with van der Waals surface area (Å²) in [5.41, 5.74) is 0.402. The Morgan fingerprint density at radius 1 is 1.24 bits per heavy atom. The fourth-order valence-electron chi connectivity index (χ4n) is 2.49. The molecule has 0 unspecified atom stereocenters. The van der Waals surface area contributed by atoms with Gasteiger partial charge in [-0.1, -0.05) is 6.07 Å². The summed E-state index contributed by atoms with van der Waals surface area (Å²) in [6.45, 7) is 8.42. The lowest BCUT2D eigenvalue weighted by atomic mass is 9.99. The number of ether oxygens (including phenoxy) is 1. The highest BCUT2D eigenvalue weighted by Gasteiger charge is 2.23. The molecule has 9 heteroatoms. The maximum atomic E-state index is 13.7. The molecule has 0 bridgehead atoms. The SMILES string of the molecule is Cc1cc(NC(=O)c2cc(F)ccc2CC(=O)[C@H](C)NC(=O)OC(C)(C)C)n[nH]1. The van der Waals surface area contributed by atoms with E-state index in [1.165, 1.54) is 19.1 Å². The number of hydrogen-bond acceptors (Lipinski definition) is 5. The van der Waals surface area contributed by atoms with Crippen LogP contribution in [0.25, 0.3) is 0 Å². The smallest absolute Gasteiger partial charge is 0.408 e. The lowest BCUT2D eigenvalue weighted by molar-refractivity contribution is -0.120. The average Bonchev–Trinajstić information content (AvgIpc) is 2.99. The van der Waals surface area contributed by atoms with Gasteiger partial charge in [-0.25, -0.2) is 9.18 Å². The number of anilines is 1. The van der Waals surface area contributed by atoms with Crippen molar-refractivity contribution in [2.45, 2.75) is 52.7 Å². The third-order valence-electron chi connectivity index (χ3n) is 3.84. The molecule has 1 aromatic carbocycles. The van der Waals surface area contributed by atoms with Gasteiger partial charge >= 0.3 is 6.09 Å². The van der Waals surface area contributed by atoms with Gasteiger partial charge < -0.3 is 15.4 Å². The van der Waals surface area contributed by atoms with Crippen LogP contribution in [0.2, 0.25) is 0 Å². The second kappa shape index (κ2) is 8.85. The van der Waals surface area contributed by atoms with Gasteiger partial charge in [0, 0.05) is 23.7 Å². The molecule has 156 valence electrons. The number of carbonyl (C=O) groups excluding carboxylic acids is 3. The van der Waals surface area contributed by atoms with Gasteiger partial charge in [0.1, 0.15) is 11.4 Å². The van der Waals surface area contributed by atoms with Gasteiger partial charge in [0.25, 0.3) is 5.91 Å². The van der Waals surface area contributed by atoms with Crippen molar-refractivity contribution in [1.29, 1.82) is 0 Å². The number of nitrogens with one attached hydrogen (secondary N) is 3. The van der Waals surface area contributed by atoms with Crippen LogP contribution in [0.15, 0.2) is 24.3 Å². The normalized spacial score (nSPS) is 12.2. The minimum atomic E-state index is -0.847. The monoisotopic (exact) mass is 404 g/mol. The number of benzene rings is 1. The van der Waals surface area contributed by atoms with Crippen LogP contribution < -0.4 is 10.6 Å². The van der Waals surface area contributed by atoms with Crippen LogP contribution >= 0.6 is 0 Å². The summed E-state index contributed by atoms with van der Waals surface area (Å²) < 4.78 is 18.8. The number of amides is 2. The minimum absolute atomic E-state index is 0.0171. The number of halogens is 1. The third-order valence-corrected chi connectivity index (χ3v) is 3.84. The summed E-state index contributed by atoms with van der Waals surface area (Å²) >= 11 is 0. The molecule has 1 aromatic heterocycles. The summed E-state index contributed by atoms with van der Waals surface area (Å²) in [6, 6.07) is 4.38. The van der Waals surface area contributed by atoms with Crippen molar-refractivity contribution < 1.29 is 23.5 Å². The van der Waals surface area contributed by atoms with Crippen LogP contribution in [0.1, 0.15) is 49.3 Å². The maximum Gasteiger partial charge on any atom is 0.408 e. The van der Waals surface area contributed by atoms with Gasteiger partial charge in [-0.15, -0.1) is 0 Å². The van der Waals surface area contributed by atoms with Crippen molar-refractivity contribution >= 4 is 23.6 Å². The predicted octanol–water partition coefficient (Wildman–Crippen LogP) is 3.13. The van der Waals surface area contributed by atoms with Crippen LogP contribution in [-0.2, 0) is 16.0 Å². The molecule has 2 aromatic rings. The number of alkyl carbamates (subject to hydrolysis) is 1. The highest BCUT2D eigenvalue weighted by Crippen LogP contribution is 2.16. The zero-order valence-corrected chi connectivity index (χ0v) is 17.1. The van der Waals surface area contributed by atoms with E-state index in [1.807, 2.05) is 0 Å². The molecule has 0 saturated heterocycles. The van der Waals surface area contributed by atoms with Gasteiger partial charge in [-0.3, -0.25) is 14.7 Å². The van der Waals surface area contributed by atoms with E-state index in [9.17, 15) is 18.8 Å². The number of ketones is 1. The van der Waals surface area contributed by atoms with Crippen molar-refractivity contribution in [2.75, 3.05) is 5.32 Å². The van der Waals surface area contributed by atoms with Gasteiger partial charge in [0.2, 0.25) is 0 Å². The molecule has 0 saturated carbocycles. The Bertz CT molecular complexity index is 917. The van der Waals surface area contributed by atoms with Gasteiger partial charge in [0.15, 0.2) is 11.6 Å². The number of hydrogen-bond donors (Lipinski definition) is 3. The molecule has 8 nitrogen and oxygen atoms in total. The Morgan fingerprint density at radius 3 is 2.52 bits per heavy atom. The maximum absolute atomic E-state index is 13.7. The molecule has 1 atom stereocenters. The molecule has 0 aliphatic heterocycles. The number of carbonyl (C=O) groups is 3. The Balaban J connectivity index is 2.10. The Kier molecular flexibility index (Phi) is 6.73. The number of rotatable bonds is 6. The number of aromatic nitrogens is 2. The van der Waals surface area contributed by atoms with E-state index < -0.39 is 29.5 Å². The molecule has 2 amide bonds. The molecular weight excluding hydrogens is 379 g/mol. The second-order valence-electron chi connectivity index (χ2n) is 7.70. The molecule has 2 rings (SSSR count). The second-order valence-corrected chi connectivity index (χ2v) is 7.70. The van der Waals surface area contributed by atoms with Crippen LogP contribution in [0, 0.1) is 12.7 Å². The zero-order valence-electron chi connectivity index (χ0n) is 17.1. The van der Waals surface area contributed by atoms with Crippen LogP contribution in [0.5, 0.6) is 0 Å². The number of nitrogens with zero attached hydrogens (tertiary/aromatic N) is 1. The molecule has 29 heavy (non-hydrogen) atoms. The Labute approximate surface area is 168 Å². The first-order valence-corrected chi connectivity index (χ1v) is 9.08. The van der Waals surface area contributed by atoms with Crippen LogP contribution in [0.3, 0.4) is 0 Å². The van der Waals surface area contributed by atoms with Gasteiger partial charge in [-0.2, -0.15) is 5.10 Å². The van der Waals surface area contributed by atoms with Crippen molar-refractivity contribution in [3.05, 3.63) is 46.9 Å². The summed E-state index contributed by atoms with van der Waals surface area (Å²) in [7, 11) is 0. The molecule has 3 N–H and O–H groups in total. The quantitative estimate of drug-likeness (QED) is 0.685. The average molecular weight is 404 g/mol. The first-order chi connectivity index (χ1) is 13.4. The van der Waals surface area contributed by atoms with Gasteiger partial charge in [0.05, 0.1) is 6.04 Å². The first-order valence-electron chi connectivity index (χ1n) is 9.08. The number of Topliss-reactive ketones (excluding diaryl/α,β-unsaturated/α-hetero) is 1. The fraction of sp³-hybridized carbons (Fsp3) is 0.400. The van der Waals surface area contributed by atoms with E-state index in [4.69, 9.17) is 4.74 Å². The van der Waals surface area contributed by atoms with Crippen LogP contribution in [0.4, 0.5) is 15.0 Å². The molecule has 1 heterocycles. The van der Waals surface area contributed by atoms with Gasteiger partial charge in [-0.05, 0) is 52.3 Å². The standard InChI is InChI=1S/C20H25FN4O4/c1-11-8-17(25-24-11)23-18(27)15-10-14(21)7-6-13(15)9-16(26)12(2)22-19(28)29-20(3,4)5/h6-8,10,12H,9H2,1-5H3,(H,22,28)(H2,23,24,25,27)/t12-/m0/s1. The van der Waals surface area contributed by atoms with E-state index in [0.717, 1.165) is 11.8 Å². The summed E-state index contributed by atoms with van der Waals surface area (Å²) in [5, 5.41) is 11.6. The van der Waals surface area contributed by atoms with E-state index in [-0.39, 0.29) is 23.6 Å². The van der Waals surface area contributed by atoms with Crippen molar-refractivity contribution in [3.8, 4) is 0 Å². The summed E-state index contributed by atoms with van der Waals surface area (Å²) in [5.74, 6) is -1.27. The van der Waals surface area contributed by atoms with E-state index in [0.29, 0.717) is 5.56 Å². The molecule has 0 radical (unpaired) electrons. The van der Waals surface area contributed by atoms with Crippen LogP contribution in [-0.4, -0.2) is 39.6 Å². The fourth-order valence-corrected chi connectivity index (χ4v) is 2.49. The van der Waals surface area contributed by atoms with E-state index >= 15 is 0 Å². The Morgan fingerprint density at radius 2 is 1.93 bits per heavy atom. The number of aryl methyl sites for hydroxylation is 1. The first kappa shape index (κ1) is 22.1. The zero-order chi connectivity index (χ0) is 21.8. The van der Waals surface area contributed by atoms with E-state index in [2.05, 4.69) is 20.8 Å². The molecule has 0 aliphatic rings. The van der Waals surface area contributed by atoms with Crippen molar-refractivity contribution in [1.82, 2.24) is 15.5 Å². The topological polar surface area (TPSA) is 113 Å². The summed E-state index contributed by atoms with van der Waals surface area (Å²) in [6.07, 6.45) is -0.885. The predicted molar refractivity (Wildman–Crippen MR) is 105 cm³/mol. The van der Waals surface area contributed by atoms with Crippen molar-refractivity contribution in [3.63, 3.8) is 0 Å². The molecule has 0 fully saturated rings. The number of H-pyrrole nitrogens is 1. The summed E-state index contributed by atoms with van der Waals surface area (Å²) in [4.78, 5) is 36.9. The van der Waals surface area contributed by atoms with E-state index in [1.54, 1.807) is 33.8 Å².